The summed E-state index contributed by atoms with van der Waals surface area (Å²) in [6.07, 6.45) is -1.29. The van der Waals surface area contributed by atoms with Gasteiger partial charge in [0.25, 0.3) is 5.91 Å². The molecule has 0 aromatic carbocycles. The fraction of sp³-hybridized carbons (Fsp3) is 0.625. The summed E-state index contributed by atoms with van der Waals surface area (Å²) in [5.74, 6) is -1.25. The highest BCUT2D eigenvalue weighted by Crippen LogP contribution is 2.32. The first-order valence-corrected chi connectivity index (χ1v) is 7.24. The van der Waals surface area contributed by atoms with Crippen LogP contribution in [-0.4, -0.2) is 24.4 Å². The maximum absolute atomic E-state index is 12.9. The minimum atomic E-state index is -4.69. The normalized spacial score (nSPS) is 12.9. The molecular weight excluding hydrogens is 295 g/mol. The third-order valence-corrected chi connectivity index (χ3v) is 3.22. The van der Waals surface area contributed by atoms with Crippen molar-refractivity contribution in [1.29, 1.82) is 0 Å². The first-order chi connectivity index (χ1) is 10.0. The van der Waals surface area contributed by atoms with E-state index in [1.807, 2.05) is 0 Å². The molecule has 1 amide bonds. The third kappa shape index (κ3) is 8.00. The summed E-state index contributed by atoms with van der Waals surface area (Å²) in [6, 6.07) is 0. The van der Waals surface area contributed by atoms with Gasteiger partial charge in [-0.3, -0.25) is 9.59 Å². The Morgan fingerprint density at radius 3 is 2.27 bits per heavy atom. The number of rotatable bonds is 9. The minimum absolute atomic E-state index is 0.0613. The summed E-state index contributed by atoms with van der Waals surface area (Å²) in [5, 5.41) is 2.24. The first kappa shape index (κ1) is 20.4. The van der Waals surface area contributed by atoms with Crippen molar-refractivity contribution < 1.29 is 22.8 Å². The fourth-order valence-electron chi connectivity index (χ4n) is 1.71. The average molecular weight is 319 g/mol. The highest BCUT2D eigenvalue weighted by Gasteiger charge is 2.38. The zero-order chi connectivity index (χ0) is 17.4. The third-order valence-electron chi connectivity index (χ3n) is 3.22. The molecule has 0 aromatic rings. The van der Waals surface area contributed by atoms with Gasteiger partial charge < -0.3 is 5.32 Å². The quantitative estimate of drug-likeness (QED) is 0.654. The van der Waals surface area contributed by atoms with Crippen LogP contribution in [0.2, 0.25) is 0 Å². The summed E-state index contributed by atoms with van der Waals surface area (Å²) in [4.78, 5) is 22.8. The molecule has 0 aliphatic carbocycles. The van der Waals surface area contributed by atoms with Crippen molar-refractivity contribution in [3.63, 3.8) is 0 Å². The smallest absolute Gasteiger partial charge is 0.352 e. The second-order valence-corrected chi connectivity index (χ2v) is 5.91. The second-order valence-electron chi connectivity index (χ2n) is 5.91. The first-order valence-electron chi connectivity index (χ1n) is 7.24. The van der Waals surface area contributed by atoms with E-state index in [0.717, 1.165) is 6.08 Å². The van der Waals surface area contributed by atoms with Gasteiger partial charge in [0.2, 0.25) is 0 Å². The van der Waals surface area contributed by atoms with Crippen LogP contribution in [0, 0.1) is 5.41 Å². The molecule has 0 unspecified atom stereocenters. The van der Waals surface area contributed by atoms with Gasteiger partial charge in [0.15, 0.2) is 5.78 Å². The molecule has 0 aliphatic rings. The topological polar surface area (TPSA) is 46.2 Å². The van der Waals surface area contributed by atoms with Crippen LogP contribution in [0.4, 0.5) is 13.2 Å². The maximum atomic E-state index is 12.9. The summed E-state index contributed by atoms with van der Waals surface area (Å²) >= 11 is 0. The molecule has 0 bridgehead atoms. The van der Waals surface area contributed by atoms with Gasteiger partial charge in [-0.05, 0) is 30.8 Å². The van der Waals surface area contributed by atoms with Crippen molar-refractivity contribution in [2.24, 2.45) is 5.41 Å². The lowest BCUT2D eigenvalue weighted by Gasteiger charge is -2.23. The number of alkyl halides is 3. The molecule has 0 atom stereocenters. The predicted octanol–water partition coefficient (Wildman–Crippen LogP) is 3.95. The van der Waals surface area contributed by atoms with Gasteiger partial charge in [-0.2, -0.15) is 13.2 Å². The number of amides is 1. The van der Waals surface area contributed by atoms with Gasteiger partial charge in [0.1, 0.15) is 5.57 Å². The molecular formula is C16H24F3NO2. The molecule has 3 nitrogen and oxygen atoms in total. The van der Waals surface area contributed by atoms with Crippen molar-refractivity contribution >= 4 is 11.7 Å². The van der Waals surface area contributed by atoms with E-state index in [0.29, 0.717) is 12.8 Å². The number of nitrogens with one attached hydrogen (secondary N) is 1. The van der Waals surface area contributed by atoms with Crippen LogP contribution in [0.15, 0.2) is 24.3 Å². The SMILES string of the molecule is C=CC(=O)CCC(C)(C)C/C=C(/C(=O)NCCC)C(F)(F)F. The van der Waals surface area contributed by atoms with Crippen LogP contribution >= 0.6 is 0 Å². The number of allylic oxidation sites excluding steroid dienone is 2. The minimum Gasteiger partial charge on any atom is -0.352 e. The van der Waals surface area contributed by atoms with Crippen LogP contribution < -0.4 is 5.32 Å². The van der Waals surface area contributed by atoms with Gasteiger partial charge in [-0.25, -0.2) is 0 Å². The summed E-state index contributed by atoms with van der Waals surface area (Å²) in [5.41, 5.74) is -1.69. The van der Waals surface area contributed by atoms with Gasteiger partial charge in [0.05, 0.1) is 0 Å². The van der Waals surface area contributed by atoms with Gasteiger partial charge >= 0.3 is 6.18 Å². The molecule has 22 heavy (non-hydrogen) atoms. The Hall–Kier alpha value is -1.59. The number of ketones is 1. The standard InChI is InChI=1S/C16H24F3NO2/c1-5-11-20-14(22)13(16(17,18)19)8-10-15(3,4)9-7-12(21)6-2/h6,8H,2,5,7,9-11H2,1,3-4H3,(H,20,22)/b13-8-. The summed E-state index contributed by atoms with van der Waals surface area (Å²) in [7, 11) is 0. The molecule has 0 saturated carbocycles. The Balaban J connectivity index is 4.94. The van der Waals surface area contributed by atoms with E-state index in [2.05, 4.69) is 11.9 Å². The van der Waals surface area contributed by atoms with Crippen LogP contribution in [0.1, 0.15) is 46.5 Å². The highest BCUT2D eigenvalue weighted by molar-refractivity contribution is 5.94. The molecule has 0 spiro atoms. The van der Waals surface area contributed by atoms with E-state index in [4.69, 9.17) is 0 Å². The van der Waals surface area contributed by atoms with E-state index in [-0.39, 0.29) is 25.2 Å². The van der Waals surface area contributed by atoms with Crippen LogP contribution in [0.5, 0.6) is 0 Å². The number of carbonyl (C=O) groups excluding carboxylic acids is 2. The molecule has 126 valence electrons. The fourth-order valence-corrected chi connectivity index (χ4v) is 1.71. The number of hydrogen-bond donors (Lipinski definition) is 1. The Bertz CT molecular complexity index is 437. The monoisotopic (exact) mass is 319 g/mol. The van der Waals surface area contributed by atoms with Crippen molar-refractivity contribution in [2.75, 3.05) is 6.54 Å². The zero-order valence-corrected chi connectivity index (χ0v) is 13.3. The Kier molecular flexibility index (Phi) is 8.12. The molecule has 0 saturated heterocycles. The lowest BCUT2D eigenvalue weighted by atomic mass is 9.83. The van der Waals surface area contributed by atoms with Crippen LogP contribution in [0.3, 0.4) is 0 Å². The molecule has 0 rings (SSSR count). The molecule has 0 radical (unpaired) electrons. The highest BCUT2D eigenvalue weighted by atomic mass is 19.4. The molecule has 0 aromatic heterocycles. The maximum Gasteiger partial charge on any atom is 0.421 e. The molecule has 6 heteroatoms. The van der Waals surface area contributed by atoms with Crippen molar-refractivity contribution in [1.82, 2.24) is 5.32 Å². The number of carbonyl (C=O) groups is 2. The largest absolute Gasteiger partial charge is 0.421 e. The van der Waals surface area contributed by atoms with Gasteiger partial charge in [-0.15, -0.1) is 0 Å². The number of halogens is 3. The Labute approximate surface area is 129 Å². The van der Waals surface area contributed by atoms with E-state index in [1.54, 1.807) is 20.8 Å². The molecule has 1 N–H and O–H groups in total. The lowest BCUT2D eigenvalue weighted by Crippen LogP contribution is -2.32. The van der Waals surface area contributed by atoms with E-state index in [1.165, 1.54) is 6.08 Å². The van der Waals surface area contributed by atoms with Gasteiger partial charge in [0, 0.05) is 13.0 Å². The van der Waals surface area contributed by atoms with Crippen LogP contribution in [-0.2, 0) is 9.59 Å². The Morgan fingerprint density at radius 1 is 1.23 bits per heavy atom. The zero-order valence-electron chi connectivity index (χ0n) is 13.3. The van der Waals surface area contributed by atoms with Crippen LogP contribution in [0.25, 0.3) is 0 Å². The number of hydrogen-bond acceptors (Lipinski definition) is 2. The molecule has 0 heterocycles. The van der Waals surface area contributed by atoms with E-state index >= 15 is 0 Å². The van der Waals surface area contributed by atoms with Crippen molar-refractivity contribution in [3.8, 4) is 0 Å². The molecule has 0 aliphatic heterocycles. The van der Waals surface area contributed by atoms with E-state index < -0.39 is 23.1 Å². The Morgan fingerprint density at radius 2 is 1.82 bits per heavy atom. The van der Waals surface area contributed by atoms with Crippen molar-refractivity contribution in [3.05, 3.63) is 24.3 Å². The van der Waals surface area contributed by atoms with Gasteiger partial charge in [-0.1, -0.05) is 33.4 Å². The predicted molar refractivity (Wildman–Crippen MR) is 80.3 cm³/mol. The second kappa shape index (κ2) is 8.76. The van der Waals surface area contributed by atoms with Crippen molar-refractivity contribution in [2.45, 2.75) is 52.6 Å². The summed E-state index contributed by atoms with van der Waals surface area (Å²) < 4.78 is 38.8. The lowest BCUT2D eigenvalue weighted by molar-refractivity contribution is -0.130. The molecule has 0 fully saturated rings. The van der Waals surface area contributed by atoms with E-state index in [9.17, 15) is 22.8 Å². The summed E-state index contributed by atoms with van der Waals surface area (Å²) in [6.45, 7) is 8.84. The average Bonchev–Trinajstić information content (AvgIpc) is 2.41.